The van der Waals surface area contributed by atoms with Gasteiger partial charge in [0.2, 0.25) is 0 Å². The topological polar surface area (TPSA) is 61.8 Å². The summed E-state index contributed by atoms with van der Waals surface area (Å²) in [6, 6.07) is 15.3. The molecule has 6 heteroatoms. The number of hydrogen-bond donors (Lipinski definition) is 1. The minimum atomic E-state index is -0.736. The Kier molecular flexibility index (Phi) is 4.02. The van der Waals surface area contributed by atoms with Crippen molar-refractivity contribution in [2.45, 2.75) is 6.04 Å². The van der Waals surface area contributed by atoms with Crippen molar-refractivity contribution in [2.24, 2.45) is 5.10 Å². The number of hydrazone groups is 1. The molecular formula is C16H12BrN3O2. The van der Waals surface area contributed by atoms with Gasteiger partial charge in [0.25, 0.3) is 5.91 Å². The highest BCUT2D eigenvalue weighted by molar-refractivity contribution is 9.10. The normalized spacial score (nSPS) is 18.0. The quantitative estimate of drug-likeness (QED) is 0.677. The smallest absolute Gasteiger partial charge is 0.274 e. The third-order valence-corrected chi connectivity index (χ3v) is 3.78. The predicted octanol–water partition coefficient (Wildman–Crippen LogP) is 3.08. The minimum Gasteiger partial charge on any atom is -0.274 e. The SMILES string of the molecule is O=C1NC(=O)N(/N=C/c2ccc(Br)cc2)C1c1ccccc1. The number of nitrogens with one attached hydrogen (secondary N) is 1. The Hall–Kier alpha value is -2.47. The van der Waals surface area contributed by atoms with Gasteiger partial charge in [-0.15, -0.1) is 0 Å². The van der Waals surface area contributed by atoms with Gasteiger partial charge in [-0.2, -0.15) is 10.1 Å². The number of carbonyl (C=O) groups excluding carboxylic acids is 2. The molecule has 5 nitrogen and oxygen atoms in total. The molecule has 1 atom stereocenters. The number of halogens is 1. The van der Waals surface area contributed by atoms with Crippen molar-refractivity contribution in [3.05, 3.63) is 70.2 Å². The lowest BCUT2D eigenvalue weighted by Gasteiger charge is -2.16. The molecule has 0 radical (unpaired) electrons. The zero-order valence-electron chi connectivity index (χ0n) is 11.4. The first kappa shape index (κ1) is 14.5. The van der Waals surface area contributed by atoms with E-state index in [2.05, 4.69) is 26.3 Å². The van der Waals surface area contributed by atoms with E-state index in [1.165, 1.54) is 5.01 Å². The number of carbonyl (C=O) groups is 2. The Morgan fingerprint density at radius 3 is 2.41 bits per heavy atom. The number of amides is 3. The fourth-order valence-corrected chi connectivity index (χ4v) is 2.45. The van der Waals surface area contributed by atoms with Crippen LogP contribution in [0.15, 0.2) is 64.2 Å². The van der Waals surface area contributed by atoms with Gasteiger partial charge in [-0.05, 0) is 23.3 Å². The summed E-state index contributed by atoms with van der Waals surface area (Å²) in [6.07, 6.45) is 1.56. The van der Waals surface area contributed by atoms with Crippen LogP contribution in [0.2, 0.25) is 0 Å². The van der Waals surface area contributed by atoms with E-state index in [9.17, 15) is 9.59 Å². The van der Waals surface area contributed by atoms with E-state index in [1.54, 1.807) is 18.3 Å². The van der Waals surface area contributed by atoms with Crippen LogP contribution in [-0.2, 0) is 4.79 Å². The van der Waals surface area contributed by atoms with Crippen LogP contribution >= 0.6 is 15.9 Å². The molecule has 0 aromatic heterocycles. The molecule has 0 saturated carbocycles. The molecule has 0 bridgehead atoms. The molecular weight excluding hydrogens is 346 g/mol. The van der Waals surface area contributed by atoms with E-state index >= 15 is 0 Å². The monoisotopic (exact) mass is 357 g/mol. The van der Waals surface area contributed by atoms with E-state index in [0.29, 0.717) is 0 Å². The molecule has 1 N–H and O–H groups in total. The molecule has 22 heavy (non-hydrogen) atoms. The van der Waals surface area contributed by atoms with Gasteiger partial charge in [0, 0.05) is 4.47 Å². The highest BCUT2D eigenvalue weighted by Gasteiger charge is 2.39. The van der Waals surface area contributed by atoms with Crippen molar-refractivity contribution in [3.8, 4) is 0 Å². The van der Waals surface area contributed by atoms with Crippen LogP contribution in [0.1, 0.15) is 17.2 Å². The number of imide groups is 1. The third-order valence-electron chi connectivity index (χ3n) is 3.25. The molecule has 2 aromatic rings. The van der Waals surface area contributed by atoms with E-state index < -0.39 is 12.1 Å². The standard InChI is InChI=1S/C16H12BrN3O2/c17-13-8-6-11(7-9-13)10-18-20-14(15(21)19-16(20)22)12-4-2-1-3-5-12/h1-10,14H,(H,19,21,22)/b18-10+. The molecule has 1 saturated heterocycles. The molecule has 1 aliphatic heterocycles. The number of urea groups is 1. The van der Waals surface area contributed by atoms with Gasteiger partial charge in [-0.1, -0.05) is 58.4 Å². The summed E-state index contributed by atoms with van der Waals surface area (Å²) < 4.78 is 0.959. The van der Waals surface area contributed by atoms with Gasteiger partial charge < -0.3 is 0 Å². The number of rotatable bonds is 3. The van der Waals surface area contributed by atoms with Crippen LogP contribution < -0.4 is 5.32 Å². The van der Waals surface area contributed by atoms with Gasteiger partial charge in [-0.3, -0.25) is 10.1 Å². The highest BCUT2D eigenvalue weighted by Crippen LogP contribution is 2.25. The van der Waals surface area contributed by atoms with Crippen molar-refractivity contribution in [3.63, 3.8) is 0 Å². The largest absolute Gasteiger partial charge is 0.345 e. The van der Waals surface area contributed by atoms with Crippen LogP contribution in [0.5, 0.6) is 0 Å². The van der Waals surface area contributed by atoms with E-state index in [1.807, 2.05) is 42.5 Å². The second-order valence-corrected chi connectivity index (χ2v) is 5.66. The maximum absolute atomic E-state index is 12.0. The van der Waals surface area contributed by atoms with Crippen LogP contribution in [-0.4, -0.2) is 23.2 Å². The lowest BCUT2D eigenvalue weighted by Crippen LogP contribution is -2.24. The molecule has 110 valence electrons. The lowest BCUT2D eigenvalue weighted by molar-refractivity contribution is -0.121. The summed E-state index contributed by atoms with van der Waals surface area (Å²) in [5, 5.41) is 7.63. The van der Waals surface area contributed by atoms with Crippen LogP contribution in [0, 0.1) is 0 Å². The van der Waals surface area contributed by atoms with E-state index in [4.69, 9.17) is 0 Å². The van der Waals surface area contributed by atoms with Gasteiger partial charge >= 0.3 is 6.03 Å². The molecule has 1 fully saturated rings. The Bertz CT molecular complexity index is 729. The Morgan fingerprint density at radius 1 is 1.05 bits per heavy atom. The Labute approximate surface area is 135 Å². The summed E-state index contributed by atoms with van der Waals surface area (Å²) in [5.41, 5.74) is 1.56. The van der Waals surface area contributed by atoms with Crippen molar-refractivity contribution in [1.82, 2.24) is 10.3 Å². The summed E-state index contributed by atoms with van der Waals surface area (Å²) in [7, 11) is 0. The summed E-state index contributed by atoms with van der Waals surface area (Å²) in [4.78, 5) is 23.9. The fourth-order valence-electron chi connectivity index (χ4n) is 2.18. The third kappa shape index (κ3) is 2.92. The number of hydrogen-bond acceptors (Lipinski definition) is 3. The average Bonchev–Trinajstić information content (AvgIpc) is 2.81. The molecule has 0 aliphatic carbocycles. The molecule has 2 aromatic carbocycles. The second kappa shape index (κ2) is 6.11. The lowest BCUT2D eigenvalue weighted by atomic mass is 10.1. The molecule has 3 rings (SSSR count). The second-order valence-electron chi connectivity index (χ2n) is 4.75. The molecule has 3 amide bonds. The first-order valence-corrected chi connectivity index (χ1v) is 7.43. The first-order valence-electron chi connectivity index (χ1n) is 6.64. The van der Waals surface area contributed by atoms with Crippen molar-refractivity contribution in [1.29, 1.82) is 0 Å². The van der Waals surface area contributed by atoms with Crippen LogP contribution in [0.3, 0.4) is 0 Å². The maximum Gasteiger partial charge on any atom is 0.345 e. The first-order chi connectivity index (χ1) is 10.6. The highest BCUT2D eigenvalue weighted by atomic mass is 79.9. The van der Waals surface area contributed by atoms with Gasteiger partial charge in [0.15, 0.2) is 6.04 Å². The molecule has 1 heterocycles. The number of benzene rings is 2. The number of nitrogens with zero attached hydrogens (tertiary/aromatic N) is 2. The van der Waals surface area contributed by atoms with Gasteiger partial charge in [0.05, 0.1) is 6.21 Å². The Morgan fingerprint density at radius 2 is 1.73 bits per heavy atom. The van der Waals surface area contributed by atoms with E-state index in [-0.39, 0.29) is 5.91 Å². The molecule has 1 unspecified atom stereocenters. The summed E-state index contributed by atoms with van der Waals surface area (Å²) in [5.74, 6) is -0.371. The van der Waals surface area contributed by atoms with Crippen molar-refractivity contribution in [2.75, 3.05) is 0 Å². The van der Waals surface area contributed by atoms with Crippen molar-refractivity contribution >= 4 is 34.1 Å². The zero-order chi connectivity index (χ0) is 15.5. The fraction of sp³-hybridized carbons (Fsp3) is 0.0625. The molecule has 0 spiro atoms. The predicted molar refractivity (Wildman–Crippen MR) is 86.3 cm³/mol. The average molecular weight is 358 g/mol. The van der Waals surface area contributed by atoms with Crippen LogP contribution in [0.4, 0.5) is 4.79 Å². The van der Waals surface area contributed by atoms with Crippen LogP contribution in [0.25, 0.3) is 0 Å². The van der Waals surface area contributed by atoms with E-state index in [0.717, 1.165) is 15.6 Å². The van der Waals surface area contributed by atoms with Gasteiger partial charge in [0.1, 0.15) is 0 Å². The summed E-state index contributed by atoms with van der Waals surface area (Å²) >= 11 is 3.36. The zero-order valence-corrected chi connectivity index (χ0v) is 13.0. The minimum absolute atomic E-state index is 0.371. The Balaban J connectivity index is 1.88. The van der Waals surface area contributed by atoms with Gasteiger partial charge in [-0.25, -0.2) is 4.79 Å². The van der Waals surface area contributed by atoms with Crippen molar-refractivity contribution < 1.29 is 9.59 Å². The summed E-state index contributed by atoms with van der Waals surface area (Å²) in [6.45, 7) is 0. The molecule has 1 aliphatic rings. The maximum atomic E-state index is 12.0.